The van der Waals surface area contributed by atoms with Crippen LogP contribution in [0.1, 0.15) is 0 Å². The van der Waals surface area contributed by atoms with E-state index in [0.29, 0.717) is 22.4 Å². The number of amides is 1. The van der Waals surface area contributed by atoms with E-state index in [9.17, 15) is 4.79 Å². The maximum Gasteiger partial charge on any atom is 0.263 e. The average molecular weight is 331 g/mol. The van der Waals surface area contributed by atoms with Crippen molar-refractivity contribution in [3.8, 4) is 11.6 Å². The van der Waals surface area contributed by atoms with Crippen LogP contribution in [0.5, 0.6) is 5.75 Å². The van der Waals surface area contributed by atoms with Crippen molar-refractivity contribution in [3.05, 3.63) is 54.3 Å². The minimum Gasteiger partial charge on any atom is -0.482 e. The van der Waals surface area contributed by atoms with Crippen LogP contribution < -0.4 is 10.1 Å². The molecule has 0 saturated carbocycles. The van der Waals surface area contributed by atoms with Crippen LogP contribution in [0.15, 0.2) is 49.3 Å². The third kappa shape index (κ3) is 3.80. The lowest BCUT2D eigenvalue weighted by atomic mass is 10.3. The Morgan fingerprint density at radius 2 is 2.13 bits per heavy atom. The number of nitrogens with one attached hydrogen (secondary N) is 1. The Hall–Kier alpha value is -3.00. The van der Waals surface area contributed by atoms with Crippen molar-refractivity contribution in [2.45, 2.75) is 0 Å². The number of para-hydroxylation sites is 1. The first-order chi connectivity index (χ1) is 11.2. The Kier molecular flexibility index (Phi) is 4.44. The minimum atomic E-state index is -0.367. The van der Waals surface area contributed by atoms with Gasteiger partial charge in [0.2, 0.25) is 0 Å². The fourth-order valence-corrected chi connectivity index (χ4v) is 1.94. The third-order valence-corrected chi connectivity index (χ3v) is 3.08. The van der Waals surface area contributed by atoms with Crippen molar-refractivity contribution in [1.29, 1.82) is 0 Å². The molecule has 0 aliphatic heterocycles. The van der Waals surface area contributed by atoms with Crippen LogP contribution >= 0.6 is 11.6 Å². The highest BCUT2D eigenvalue weighted by atomic mass is 35.5. The topological polar surface area (TPSA) is 94.8 Å². The summed E-state index contributed by atoms with van der Waals surface area (Å²) >= 11 is 5.95. The van der Waals surface area contributed by atoms with Gasteiger partial charge in [-0.15, -0.1) is 0 Å². The fourth-order valence-electron chi connectivity index (χ4n) is 1.75. The first-order valence-corrected chi connectivity index (χ1v) is 6.94. The fraction of sp³-hybridized carbons (Fsp3) is 0.0714. The molecule has 0 aliphatic rings. The molecule has 1 amide bonds. The van der Waals surface area contributed by atoms with E-state index < -0.39 is 0 Å². The summed E-state index contributed by atoms with van der Waals surface area (Å²) in [4.78, 5) is 23.8. The van der Waals surface area contributed by atoms with Crippen molar-refractivity contribution in [2.24, 2.45) is 0 Å². The molecule has 0 radical (unpaired) electrons. The van der Waals surface area contributed by atoms with E-state index in [1.54, 1.807) is 30.3 Å². The van der Waals surface area contributed by atoms with Crippen LogP contribution in [0.4, 0.5) is 5.82 Å². The summed E-state index contributed by atoms with van der Waals surface area (Å²) in [6, 6.07) is 8.49. The van der Waals surface area contributed by atoms with E-state index in [0.717, 1.165) is 0 Å². The summed E-state index contributed by atoms with van der Waals surface area (Å²) in [5.41, 5.74) is 0. The number of halogens is 1. The zero-order chi connectivity index (χ0) is 16.1. The van der Waals surface area contributed by atoms with Gasteiger partial charge in [0.1, 0.15) is 30.5 Å². The number of rotatable bonds is 5. The third-order valence-electron chi connectivity index (χ3n) is 2.77. The van der Waals surface area contributed by atoms with E-state index in [1.165, 1.54) is 23.7 Å². The van der Waals surface area contributed by atoms with Gasteiger partial charge in [0.25, 0.3) is 5.91 Å². The summed E-state index contributed by atoms with van der Waals surface area (Å²) in [6.07, 6.45) is 4.20. The monoisotopic (exact) mass is 330 g/mol. The van der Waals surface area contributed by atoms with Gasteiger partial charge in [-0.2, -0.15) is 5.10 Å². The van der Waals surface area contributed by atoms with Crippen LogP contribution in [0.2, 0.25) is 5.02 Å². The molecule has 0 fully saturated rings. The molecule has 0 saturated heterocycles. The maximum atomic E-state index is 11.9. The number of carbonyl (C=O) groups excluding carboxylic acids is 1. The Balaban J connectivity index is 1.62. The van der Waals surface area contributed by atoms with Gasteiger partial charge in [-0.3, -0.25) is 4.79 Å². The summed E-state index contributed by atoms with van der Waals surface area (Å²) in [7, 11) is 0. The standard InChI is InChI=1S/C14H11ClN6O2/c15-10-3-1-2-4-11(10)23-6-14(22)20-12-5-13(18-8-17-12)21-9-16-7-19-21/h1-5,7-9H,6H2,(H,17,18,20,22). The van der Waals surface area contributed by atoms with Gasteiger partial charge < -0.3 is 10.1 Å². The molecule has 2 aromatic heterocycles. The smallest absolute Gasteiger partial charge is 0.263 e. The van der Waals surface area contributed by atoms with Crippen molar-refractivity contribution in [1.82, 2.24) is 24.7 Å². The molecule has 0 unspecified atom stereocenters. The highest BCUT2D eigenvalue weighted by Gasteiger charge is 2.08. The Morgan fingerprint density at radius 3 is 2.91 bits per heavy atom. The molecule has 1 N–H and O–H groups in total. The SMILES string of the molecule is O=C(COc1ccccc1Cl)Nc1cc(-n2cncn2)ncn1. The number of carbonyl (C=O) groups is 1. The second kappa shape index (κ2) is 6.84. The van der Waals surface area contributed by atoms with Crippen molar-refractivity contribution in [2.75, 3.05) is 11.9 Å². The summed E-state index contributed by atoms with van der Waals surface area (Å²) in [5.74, 6) is 0.890. The van der Waals surface area contributed by atoms with Crippen LogP contribution in [0.25, 0.3) is 5.82 Å². The molecule has 1 aromatic carbocycles. The zero-order valence-electron chi connectivity index (χ0n) is 11.8. The van der Waals surface area contributed by atoms with Crippen molar-refractivity contribution in [3.63, 3.8) is 0 Å². The normalized spacial score (nSPS) is 10.3. The van der Waals surface area contributed by atoms with Crippen LogP contribution in [0.3, 0.4) is 0 Å². The molecule has 2 heterocycles. The van der Waals surface area contributed by atoms with Gasteiger partial charge in [0.05, 0.1) is 5.02 Å². The Labute approximate surface area is 136 Å². The Morgan fingerprint density at radius 1 is 1.26 bits per heavy atom. The molecule has 116 valence electrons. The minimum absolute atomic E-state index is 0.188. The van der Waals surface area contributed by atoms with Gasteiger partial charge in [-0.25, -0.2) is 19.6 Å². The molecule has 9 heteroatoms. The van der Waals surface area contributed by atoms with Crippen LogP contribution in [-0.4, -0.2) is 37.2 Å². The summed E-state index contributed by atoms with van der Waals surface area (Å²) < 4.78 is 6.81. The molecule has 0 spiro atoms. The lowest BCUT2D eigenvalue weighted by Crippen LogP contribution is -2.21. The van der Waals surface area contributed by atoms with E-state index in [4.69, 9.17) is 16.3 Å². The number of benzene rings is 1. The molecule has 8 nitrogen and oxygen atoms in total. The number of nitrogens with zero attached hydrogens (tertiary/aromatic N) is 5. The predicted molar refractivity (Wildman–Crippen MR) is 82.5 cm³/mol. The van der Waals surface area contributed by atoms with Crippen LogP contribution in [0, 0.1) is 0 Å². The molecule has 0 bridgehead atoms. The van der Waals surface area contributed by atoms with Gasteiger partial charge in [0.15, 0.2) is 12.4 Å². The summed E-state index contributed by atoms with van der Waals surface area (Å²) in [6.45, 7) is -0.188. The highest BCUT2D eigenvalue weighted by molar-refractivity contribution is 6.32. The van der Waals surface area contributed by atoms with Gasteiger partial charge in [0, 0.05) is 6.07 Å². The van der Waals surface area contributed by atoms with E-state index in [2.05, 4.69) is 25.4 Å². The number of hydrogen-bond acceptors (Lipinski definition) is 6. The molecule has 3 aromatic rings. The van der Waals surface area contributed by atoms with E-state index in [-0.39, 0.29) is 12.5 Å². The maximum absolute atomic E-state index is 11.9. The number of ether oxygens (including phenoxy) is 1. The lowest BCUT2D eigenvalue weighted by molar-refractivity contribution is -0.118. The predicted octanol–water partition coefficient (Wildman–Crippen LogP) is 1.73. The first-order valence-electron chi connectivity index (χ1n) is 6.56. The van der Waals surface area contributed by atoms with E-state index in [1.807, 2.05) is 0 Å². The van der Waals surface area contributed by atoms with Crippen molar-refractivity contribution < 1.29 is 9.53 Å². The number of aromatic nitrogens is 5. The Bertz CT molecular complexity index is 809. The molecular formula is C14H11ClN6O2. The average Bonchev–Trinajstić information content (AvgIpc) is 3.09. The zero-order valence-corrected chi connectivity index (χ0v) is 12.5. The molecule has 23 heavy (non-hydrogen) atoms. The molecule has 0 aliphatic carbocycles. The van der Waals surface area contributed by atoms with Gasteiger partial charge in [-0.1, -0.05) is 23.7 Å². The van der Waals surface area contributed by atoms with E-state index >= 15 is 0 Å². The molecule has 3 rings (SSSR count). The largest absolute Gasteiger partial charge is 0.482 e. The molecule has 0 atom stereocenters. The molecular weight excluding hydrogens is 320 g/mol. The van der Waals surface area contributed by atoms with Gasteiger partial charge in [-0.05, 0) is 12.1 Å². The number of hydrogen-bond donors (Lipinski definition) is 1. The first kappa shape index (κ1) is 14.9. The second-order valence-electron chi connectivity index (χ2n) is 4.37. The lowest BCUT2D eigenvalue weighted by Gasteiger charge is -2.08. The number of anilines is 1. The van der Waals surface area contributed by atoms with Gasteiger partial charge >= 0.3 is 0 Å². The highest BCUT2D eigenvalue weighted by Crippen LogP contribution is 2.22. The quantitative estimate of drug-likeness (QED) is 0.765. The van der Waals surface area contributed by atoms with Crippen LogP contribution in [-0.2, 0) is 4.79 Å². The summed E-state index contributed by atoms with van der Waals surface area (Å²) in [5, 5.41) is 7.01. The van der Waals surface area contributed by atoms with Crippen molar-refractivity contribution >= 4 is 23.3 Å². The second-order valence-corrected chi connectivity index (χ2v) is 4.78.